The summed E-state index contributed by atoms with van der Waals surface area (Å²) >= 11 is 3.36. The number of aryl methyl sites for hydroxylation is 1. The van der Waals surface area contributed by atoms with Crippen LogP contribution in [0.15, 0.2) is 34.0 Å². The number of methoxy groups -OCH3 is 1. The first-order chi connectivity index (χ1) is 8.69. The van der Waals surface area contributed by atoms with Crippen LogP contribution in [0.1, 0.15) is 21.6 Å². The Labute approximate surface area is 114 Å². The fourth-order valence-electron chi connectivity index (χ4n) is 1.40. The van der Waals surface area contributed by atoms with E-state index in [1.54, 1.807) is 35.2 Å². The van der Waals surface area contributed by atoms with E-state index in [2.05, 4.69) is 9.72 Å². The second-order valence-corrected chi connectivity index (χ2v) is 5.81. The Balaban J connectivity index is 1.96. The van der Waals surface area contributed by atoms with E-state index in [-0.39, 0.29) is 5.97 Å². The molecule has 0 N–H and O–H groups in total. The molecule has 0 amide bonds. The van der Waals surface area contributed by atoms with Crippen LogP contribution in [0.3, 0.4) is 0 Å². The van der Waals surface area contributed by atoms with E-state index in [1.807, 2.05) is 24.4 Å². The largest absolute Gasteiger partial charge is 0.465 e. The molecule has 0 aliphatic heterocycles. The van der Waals surface area contributed by atoms with Crippen LogP contribution in [-0.4, -0.2) is 18.1 Å². The molecule has 0 saturated heterocycles. The van der Waals surface area contributed by atoms with E-state index in [4.69, 9.17) is 0 Å². The van der Waals surface area contributed by atoms with Gasteiger partial charge in [-0.05, 0) is 24.6 Å². The molecular formula is C13H13NO2S2. The minimum absolute atomic E-state index is 0.301. The minimum Gasteiger partial charge on any atom is -0.465 e. The number of aromatic nitrogens is 1. The van der Waals surface area contributed by atoms with E-state index < -0.39 is 0 Å². The normalized spacial score (nSPS) is 10.3. The molecule has 1 aromatic carbocycles. The molecule has 0 aliphatic carbocycles. The van der Waals surface area contributed by atoms with Gasteiger partial charge in [-0.25, -0.2) is 9.78 Å². The molecule has 0 aliphatic rings. The lowest BCUT2D eigenvalue weighted by Gasteiger charge is -2.01. The maximum absolute atomic E-state index is 11.3. The third-order valence-electron chi connectivity index (χ3n) is 2.34. The van der Waals surface area contributed by atoms with Gasteiger partial charge >= 0.3 is 5.97 Å². The molecule has 2 rings (SSSR count). The van der Waals surface area contributed by atoms with Crippen molar-refractivity contribution >= 4 is 29.1 Å². The van der Waals surface area contributed by atoms with Crippen LogP contribution in [0.2, 0.25) is 0 Å². The van der Waals surface area contributed by atoms with Gasteiger partial charge in [0.25, 0.3) is 0 Å². The summed E-state index contributed by atoms with van der Waals surface area (Å²) in [4.78, 5) is 15.7. The van der Waals surface area contributed by atoms with Crippen molar-refractivity contribution in [1.29, 1.82) is 0 Å². The first-order valence-corrected chi connectivity index (χ1v) is 7.28. The summed E-state index contributed by atoms with van der Waals surface area (Å²) in [5.41, 5.74) is 2.81. The van der Waals surface area contributed by atoms with Gasteiger partial charge in [0.15, 0.2) is 0 Å². The van der Waals surface area contributed by atoms with Gasteiger partial charge in [-0.15, -0.1) is 11.3 Å². The van der Waals surface area contributed by atoms with Crippen molar-refractivity contribution in [3.63, 3.8) is 0 Å². The average Bonchev–Trinajstić information content (AvgIpc) is 2.82. The van der Waals surface area contributed by atoms with Crippen LogP contribution in [0.4, 0.5) is 0 Å². The smallest absolute Gasteiger partial charge is 0.337 e. The molecule has 94 valence electrons. The van der Waals surface area contributed by atoms with E-state index in [0.29, 0.717) is 5.56 Å². The molecule has 1 aromatic heterocycles. The fraction of sp³-hybridized carbons (Fsp3) is 0.231. The van der Waals surface area contributed by atoms with E-state index in [0.717, 1.165) is 15.8 Å². The van der Waals surface area contributed by atoms with E-state index in [1.165, 1.54) is 12.7 Å². The number of carbonyl (C=O) groups excluding carboxylic acids is 1. The van der Waals surface area contributed by atoms with E-state index in [9.17, 15) is 4.79 Å². The summed E-state index contributed by atoms with van der Waals surface area (Å²) in [6, 6.07) is 7.46. The number of hydrogen-bond donors (Lipinski definition) is 0. The topological polar surface area (TPSA) is 39.2 Å². The van der Waals surface area contributed by atoms with Crippen molar-refractivity contribution in [3.8, 4) is 0 Å². The minimum atomic E-state index is -0.301. The van der Waals surface area contributed by atoms with Gasteiger partial charge in [0.2, 0.25) is 0 Å². The standard InChI is InChI=1S/C13H13NO2S2/c1-9-7-17-13(14-9)18-8-10-3-5-11(6-4-10)12(15)16-2/h3-7H,8H2,1-2H3. The summed E-state index contributed by atoms with van der Waals surface area (Å²) in [5.74, 6) is 0.554. The number of benzene rings is 1. The van der Waals surface area contributed by atoms with Crippen molar-refractivity contribution < 1.29 is 9.53 Å². The zero-order valence-electron chi connectivity index (χ0n) is 10.2. The Kier molecular flexibility index (Phi) is 4.38. The summed E-state index contributed by atoms with van der Waals surface area (Å²) in [6.45, 7) is 1.99. The molecule has 2 aromatic rings. The van der Waals surface area contributed by atoms with Crippen LogP contribution in [-0.2, 0) is 10.5 Å². The van der Waals surface area contributed by atoms with Crippen LogP contribution in [0.5, 0.6) is 0 Å². The summed E-state index contributed by atoms with van der Waals surface area (Å²) in [5, 5.41) is 2.04. The zero-order chi connectivity index (χ0) is 13.0. The van der Waals surface area contributed by atoms with Crippen LogP contribution >= 0.6 is 23.1 Å². The molecular weight excluding hydrogens is 266 g/mol. The summed E-state index contributed by atoms with van der Waals surface area (Å²) in [7, 11) is 1.39. The molecule has 0 unspecified atom stereocenters. The van der Waals surface area contributed by atoms with Crippen molar-refractivity contribution in [2.45, 2.75) is 17.0 Å². The second-order valence-electron chi connectivity index (χ2n) is 3.73. The van der Waals surface area contributed by atoms with Crippen LogP contribution in [0.25, 0.3) is 0 Å². The number of carbonyl (C=O) groups is 1. The van der Waals surface area contributed by atoms with Gasteiger partial charge < -0.3 is 4.74 Å². The number of rotatable bonds is 4. The Morgan fingerprint density at radius 2 is 2.11 bits per heavy atom. The molecule has 0 bridgehead atoms. The number of ether oxygens (including phenoxy) is 1. The Morgan fingerprint density at radius 1 is 1.39 bits per heavy atom. The van der Waals surface area contributed by atoms with E-state index >= 15 is 0 Å². The molecule has 0 spiro atoms. The third-order valence-corrected chi connectivity index (χ3v) is 4.55. The predicted molar refractivity (Wildman–Crippen MR) is 74.2 cm³/mol. The van der Waals surface area contributed by atoms with Crippen molar-refractivity contribution in [2.24, 2.45) is 0 Å². The third kappa shape index (κ3) is 3.34. The highest BCUT2D eigenvalue weighted by Crippen LogP contribution is 2.26. The van der Waals surface area contributed by atoms with Gasteiger partial charge in [0, 0.05) is 16.8 Å². The van der Waals surface area contributed by atoms with Gasteiger partial charge in [-0.1, -0.05) is 23.9 Å². The fourth-order valence-corrected chi connectivity index (χ4v) is 3.20. The second kappa shape index (κ2) is 6.02. The number of hydrogen-bond acceptors (Lipinski definition) is 5. The maximum Gasteiger partial charge on any atom is 0.337 e. The highest BCUT2D eigenvalue weighted by atomic mass is 32.2. The first kappa shape index (κ1) is 13.1. The van der Waals surface area contributed by atoms with Gasteiger partial charge in [0.1, 0.15) is 4.34 Å². The molecule has 1 heterocycles. The zero-order valence-corrected chi connectivity index (χ0v) is 11.8. The molecule has 18 heavy (non-hydrogen) atoms. The average molecular weight is 279 g/mol. The highest BCUT2D eigenvalue weighted by Gasteiger charge is 2.05. The molecule has 0 saturated carbocycles. The van der Waals surface area contributed by atoms with Crippen LogP contribution in [0, 0.1) is 6.92 Å². The van der Waals surface area contributed by atoms with Crippen molar-refractivity contribution in [3.05, 3.63) is 46.5 Å². The summed E-state index contributed by atoms with van der Waals surface area (Å²) < 4.78 is 5.73. The lowest BCUT2D eigenvalue weighted by molar-refractivity contribution is 0.0601. The number of thiazole rings is 1. The van der Waals surface area contributed by atoms with Crippen LogP contribution < -0.4 is 0 Å². The molecule has 5 heteroatoms. The van der Waals surface area contributed by atoms with Gasteiger partial charge in [0.05, 0.1) is 12.7 Å². The van der Waals surface area contributed by atoms with Gasteiger partial charge in [-0.2, -0.15) is 0 Å². The molecule has 0 atom stereocenters. The van der Waals surface area contributed by atoms with Crippen molar-refractivity contribution in [1.82, 2.24) is 4.98 Å². The lowest BCUT2D eigenvalue weighted by Crippen LogP contribution is -2.00. The SMILES string of the molecule is COC(=O)c1ccc(CSc2nc(C)cs2)cc1. The van der Waals surface area contributed by atoms with Crippen molar-refractivity contribution in [2.75, 3.05) is 7.11 Å². The summed E-state index contributed by atoms with van der Waals surface area (Å²) in [6.07, 6.45) is 0. The quantitative estimate of drug-likeness (QED) is 0.634. The predicted octanol–water partition coefficient (Wildman–Crippen LogP) is 3.53. The Morgan fingerprint density at radius 3 is 2.67 bits per heavy atom. The first-order valence-electron chi connectivity index (χ1n) is 5.41. The Hall–Kier alpha value is -1.33. The molecule has 0 radical (unpaired) electrons. The number of esters is 1. The maximum atomic E-state index is 11.3. The molecule has 3 nitrogen and oxygen atoms in total. The number of thioether (sulfide) groups is 1. The Bertz CT molecular complexity index is 534. The highest BCUT2D eigenvalue weighted by molar-refractivity contribution is 8.00. The van der Waals surface area contributed by atoms with Gasteiger partial charge in [-0.3, -0.25) is 0 Å². The lowest BCUT2D eigenvalue weighted by atomic mass is 10.1. The molecule has 0 fully saturated rings. The monoisotopic (exact) mass is 279 g/mol. The number of nitrogens with zero attached hydrogens (tertiary/aromatic N) is 1.